The summed E-state index contributed by atoms with van der Waals surface area (Å²) in [5.41, 5.74) is 0.129. The Labute approximate surface area is 114 Å². The van der Waals surface area contributed by atoms with Crippen LogP contribution in [-0.2, 0) is 4.74 Å². The predicted molar refractivity (Wildman–Crippen MR) is 78.9 cm³/mol. The molecule has 108 valence electrons. The van der Waals surface area contributed by atoms with E-state index >= 15 is 0 Å². The zero-order chi connectivity index (χ0) is 13.4. The fraction of sp³-hybridized carbons (Fsp3) is 1.00. The largest absolute Gasteiger partial charge is 0.373 e. The first-order valence-corrected chi connectivity index (χ1v) is 7.96. The van der Waals surface area contributed by atoms with Gasteiger partial charge in [-0.1, -0.05) is 34.1 Å². The fourth-order valence-corrected chi connectivity index (χ4v) is 2.91. The summed E-state index contributed by atoms with van der Waals surface area (Å²) in [6.07, 6.45) is 7.68. The fourth-order valence-electron chi connectivity index (χ4n) is 2.91. The molecular weight excluding hydrogens is 222 g/mol. The van der Waals surface area contributed by atoms with E-state index in [1.807, 2.05) is 0 Å². The van der Waals surface area contributed by atoms with Gasteiger partial charge in [-0.25, -0.2) is 0 Å². The molecule has 2 heteroatoms. The number of likely N-dealkylation sites (N-methyl/N-ethyl adjacent to an activating group) is 1. The van der Waals surface area contributed by atoms with E-state index in [0.717, 1.165) is 25.6 Å². The van der Waals surface area contributed by atoms with Crippen LogP contribution in [0.5, 0.6) is 0 Å². The third-order valence-corrected chi connectivity index (χ3v) is 4.34. The van der Waals surface area contributed by atoms with Crippen molar-refractivity contribution in [2.24, 2.45) is 11.8 Å². The molecule has 18 heavy (non-hydrogen) atoms. The molecule has 1 saturated carbocycles. The van der Waals surface area contributed by atoms with Crippen LogP contribution in [0.25, 0.3) is 0 Å². The van der Waals surface area contributed by atoms with Gasteiger partial charge in [0.2, 0.25) is 0 Å². The van der Waals surface area contributed by atoms with Gasteiger partial charge < -0.3 is 10.1 Å². The molecule has 0 aromatic carbocycles. The van der Waals surface area contributed by atoms with Crippen LogP contribution in [0.3, 0.4) is 0 Å². The van der Waals surface area contributed by atoms with Gasteiger partial charge in [-0.3, -0.25) is 0 Å². The van der Waals surface area contributed by atoms with E-state index in [9.17, 15) is 0 Å². The molecule has 1 N–H and O–H groups in total. The predicted octanol–water partition coefficient (Wildman–Crippen LogP) is 4.00. The molecule has 1 atom stereocenters. The Balaban J connectivity index is 2.44. The number of hydrogen-bond donors (Lipinski definition) is 1. The SMILES string of the molecule is CCCC(C)COC1(CNCC)CCC(C)CC1. The van der Waals surface area contributed by atoms with Crippen molar-refractivity contribution in [2.45, 2.75) is 71.8 Å². The van der Waals surface area contributed by atoms with Gasteiger partial charge >= 0.3 is 0 Å². The zero-order valence-electron chi connectivity index (χ0n) is 12.9. The van der Waals surface area contributed by atoms with Crippen LogP contribution in [0.4, 0.5) is 0 Å². The molecule has 0 radical (unpaired) electrons. The number of ether oxygens (including phenoxy) is 1. The maximum atomic E-state index is 6.37. The summed E-state index contributed by atoms with van der Waals surface area (Å²) in [4.78, 5) is 0. The molecule has 0 aromatic heterocycles. The average molecular weight is 255 g/mol. The first kappa shape index (κ1) is 16.0. The van der Waals surface area contributed by atoms with Crippen molar-refractivity contribution in [3.8, 4) is 0 Å². The van der Waals surface area contributed by atoms with E-state index in [-0.39, 0.29) is 5.60 Å². The monoisotopic (exact) mass is 255 g/mol. The standard InChI is InChI=1S/C16H33NO/c1-5-7-15(4)12-18-16(13-17-6-2)10-8-14(3)9-11-16/h14-15,17H,5-13H2,1-4H3. The maximum absolute atomic E-state index is 6.37. The van der Waals surface area contributed by atoms with Gasteiger partial charge in [0.15, 0.2) is 0 Å². The molecule has 1 fully saturated rings. The number of nitrogens with one attached hydrogen (secondary N) is 1. The van der Waals surface area contributed by atoms with Gasteiger partial charge in [-0.2, -0.15) is 0 Å². The van der Waals surface area contributed by atoms with Crippen molar-refractivity contribution in [1.82, 2.24) is 5.32 Å². The van der Waals surface area contributed by atoms with E-state index in [4.69, 9.17) is 4.74 Å². The molecule has 1 aliphatic carbocycles. The average Bonchev–Trinajstić information content (AvgIpc) is 2.37. The molecule has 1 rings (SSSR count). The van der Waals surface area contributed by atoms with Crippen molar-refractivity contribution in [2.75, 3.05) is 19.7 Å². The second kappa shape index (κ2) is 8.16. The number of rotatable bonds is 8. The molecule has 0 bridgehead atoms. The molecule has 0 spiro atoms. The number of hydrogen-bond acceptors (Lipinski definition) is 2. The van der Waals surface area contributed by atoms with Crippen LogP contribution in [0.1, 0.15) is 66.2 Å². The summed E-state index contributed by atoms with van der Waals surface area (Å²) in [5, 5.41) is 3.50. The van der Waals surface area contributed by atoms with Crippen LogP contribution in [0.2, 0.25) is 0 Å². The summed E-state index contributed by atoms with van der Waals surface area (Å²) in [5.74, 6) is 1.59. The highest BCUT2D eigenvalue weighted by Crippen LogP contribution is 2.34. The Kier molecular flexibility index (Phi) is 7.25. The van der Waals surface area contributed by atoms with Crippen LogP contribution in [-0.4, -0.2) is 25.3 Å². The molecule has 1 unspecified atom stereocenters. The quantitative estimate of drug-likeness (QED) is 0.708. The second-order valence-electron chi connectivity index (χ2n) is 6.35. The van der Waals surface area contributed by atoms with E-state index in [0.29, 0.717) is 5.92 Å². The minimum atomic E-state index is 0.129. The van der Waals surface area contributed by atoms with E-state index in [2.05, 4.69) is 33.0 Å². The van der Waals surface area contributed by atoms with Crippen molar-refractivity contribution in [1.29, 1.82) is 0 Å². The molecular formula is C16H33NO. The van der Waals surface area contributed by atoms with Gasteiger partial charge in [0.25, 0.3) is 0 Å². The van der Waals surface area contributed by atoms with E-state index in [1.165, 1.54) is 38.5 Å². The lowest BCUT2D eigenvalue weighted by atomic mass is 9.79. The van der Waals surface area contributed by atoms with Crippen LogP contribution in [0.15, 0.2) is 0 Å². The lowest BCUT2D eigenvalue weighted by Crippen LogP contribution is -2.46. The molecule has 1 aliphatic rings. The second-order valence-corrected chi connectivity index (χ2v) is 6.35. The summed E-state index contributed by atoms with van der Waals surface area (Å²) in [6, 6.07) is 0. The van der Waals surface area contributed by atoms with Gasteiger partial charge in [-0.05, 0) is 50.5 Å². The molecule has 0 aromatic rings. The molecule has 0 aliphatic heterocycles. The summed E-state index contributed by atoms with van der Waals surface area (Å²) in [7, 11) is 0. The van der Waals surface area contributed by atoms with E-state index < -0.39 is 0 Å². The topological polar surface area (TPSA) is 21.3 Å². The highest BCUT2D eigenvalue weighted by molar-refractivity contribution is 4.88. The van der Waals surface area contributed by atoms with Crippen LogP contribution >= 0.6 is 0 Å². The first-order chi connectivity index (χ1) is 8.62. The highest BCUT2D eigenvalue weighted by atomic mass is 16.5. The third kappa shape index (κ3) is 5.27. The van der Waals surface area contributed by atoms with Crippen LogP contribution < -0.4 is 5.32 Å². The highest BCUT2D eigenvalue weighted by Gasteiger charge is 2.34. The van der Waals surface area contributed by atoms with Gasteiger partial charge in [-0.15, -0.1) is 0 Å². The van der Waals surface area contributed by atoms with Crippen LogP contribution in [0, 0.1) is 11.8 Å². The lowest BCUT2D eigenvalue weighted by molar-refractivity contribution is -0.0864. The maximum Gasteiger partial charge on any atom is 0.0806 e. The van der Waals surface area contributed by atoms with Gasteiger partial charge in [0.1, 0.15) is 0 Å². The van der Waals surface area contributed by atoms with Crippen molar-refractivity contribution in [3.05, 3.63) is 0 Å². The first-order valence-electron chi connectivity index (χ1n) is 7.96. The normalized spacial score (nSPS) is 30.3. The molecule has 0 saturated heterocycles. The van der Waals surface area contributed by atoms with Crippen molar-refractivity contribution >= 4 is 0 Å². The Bertz CT molecular complexity index is 204. The summed E-state index contributed by atoms with van der Waals surface area (Å²) >= 11 is 0. The Hall–Kier alpha value is -0.0800. The smallest absolute Gasteiger partial charge is 0.0806 e. The van der Waals surface area contributed by atoms with Gasteiger partial charge in [0.05, 0.1) is 5.60 Å². The molecule has 2 nitrogen and oxygen atoms in total. The third-order valence-electron chi connectivity index (χ3n) is 4.34. The Morgan fingerprint density at radius 3 is 2.50 bits per heavy atom. The van der Waals surface area contributed by atoms with Crippen molar-refractivity contribution in [3.63, 3.8) is 0 Å². The van der Waals surface area contributed by atoms with E-state index in [1.54, 1.807) is 0 Å². The summed E-state index contributed by atoms with van der Waals surface area (Å²) in [6.45, 7) is 12.1. The Morgan fingerprint density at radius 2 is 1.94 bits per heavy atom. The zero-order valence-corrected chi connectivity index (χ0v) is 12.9. The minimum absolute atomic E-state index is 0.129. The minimum Gasteiger partial charge on any atom is -0.373 e. The van der Waals surface area contributed by atoms with Gasteiger partial charge in [0, 0.05) is 13.2 Å². The van der Waals surface area contributed by atoms with Crippen molar-refractivity contribution < 1.29 is 4.74 Å². The molecule has 0 amide bonds. The lowest BCUT2D eigenvalue weighted by Gasteiger charge is -2.40. The summed E-state index contributed by atoms with van der Waals surface area (Å²) < 4.78 is 6.37. The molecule has 0 heterocycles. The Morgan fingerprint density at radius 1 is 1.28 bits per heavy atom.